The van der Waals surface area contributed by atoms with Crippen LogP contribution in [0.15, 0.2) is 18.5 Å². The van der Waals surface area contributed by atoms with Crippen molar-refractivity contribution >= 4 is 11.6 Å². The van der Waals surface area contributed by atoms with Crippen molar-refractivity contribution in [3.8, 4) is 0 Å². The minimum absolute atomic E-state index is 0.0388. The molecule has 1 amide bonds. The molecule has 102 valence electrons. The topological polar surface area (TPSA) is 65.5 Å². The van der Waals surface area contributed by atoms with E-state index in [9.17, 15) is 9.90 Å². The maximum absolute atomic E-state index is 12.7. The second kappa shape index (κ2) is 4.81. The Bertz CT molecular complexity index is 477. The lowest BCUT2D eigenvalue weighted by molar-refractivity contribution is 0.0287. The lowest BCUT2D eigenvalue weighted by atomic mass is 9.99. The zero-order valence-corrected chi connectivity index (χ0v) is 11.0. The number of aliphatic hydroxyl groups excluding tert-OH is 1. The van der Waals surface area contributed by atoms with Crippen molar-refractivity contribution < 1.29 is 9.90 Å². The first-order valence-corrected chi connectivity index (χ1v) is 6.83. The molecule has 0 aliphatic carbocycles. The number of nitrogens with one attached hydrogen (secondary N) is 1. The number of carbonyl (C=O) groups excluding carboxylic acids is 1. The quantitative estimate of drug-likeness (QED) is 0.841. The molecule has 0 saturated carbocycles. The third-order valence-corrected chi connectivity index (χ3v) is 4.26. The Kier molecular flexibility index (Phi) is 3.14. The first kappa shape index (κ1) is 12.4. The number of hydrogen-bond donors (Lipinski definition) is 2. The Morgan fingerprint density at radius 3 is 2.74 bits per heavy atom. The molecule has 3 heterocycles. The van der Waals surface area contributed by atoms with Gasteiger partial charge in [-0.25, -0.2) is 0 Å². The van der Waals surface area contributed by atoms with Crippen molar-refractivity contribution in [2.45, 2.75) is 43.9 Å². The molecule has 2 atom stereocenters. The molecule has 0 spiro atoms. The summed E-state index contributed by atoms with van der Waals surface area (Å²) in [7, 11) is 1.81. The van der Waals surface area contributed by atoms with E-state index >= 15 is 0 Å². The first-order valence-electron chi connectivity index (χ1n) is 6.83. The Labute approximate surface area is 112 Å². The third-order valence-electron chi connectivity index (χ3n) is 4.26. The molecule has 1 aromatic heterocycles. The lowest BCUT2D eigenvalue weighted by Crippen LogP contribution is -2.48. The van der Waals surface area contributed by atoms with Crippen molar-refractivity contribution in [3.05, 3.63) is 24.0 Å². The predicted octanol–water partition coefficient (Wildman–Crippen LogP) is 1.25. The van der Waals surface area contributed by atoms with E-state index in [0.717, 1.165) is 18.5 Å². The minimum atomic E-state index is -0.251. The Hall–Kier alpha value is -1.62. The molecule has 19 heavy (non-hydrogen) atoms. The molecule has 2 fully saturated rings. The molecule has 3 rings (SSSR count). The van der Waals surface area contributed by atoms with Crippen LogP contribution in [0.5, 0.6) is 0 Å². The fourth-order valence-electron chi connectivity index (χ4n) is 3.40. The van der Waals surface area contributed by atoms with Gasteiger partial charge >= 0.3 is 0 Å². The number of aliphatic hydroxyl groups is 1. The van der Waals surface area contributed by atoms with E-state index in [2.05, 4.69) is 10.3 Å². The van der Waals surface area contributed by atoms with Crippen LogP contribution in [0.2, 0.25) is 0 Å². The number of amides is 1. The highest BCUT2D eigenvalue weighted by Gasteiger charge is 2.43. The highest BCUT2D eigenvalue weighted by atomic mass is 16.3. The van der Waals surface area contributed by atoms with E-state index in [4.69, 9.17) is 0 Å². The number of rotatable bonds is 2. The fourth-order valence-corrected chi connectivity index (χ4v) is 3.40. The average molecular weight is 261 g/mol. The van der Waals surface area contributed by atoms with E-state index in [-0.39, 0.29) is 24.1 Å². The van der Waals surface area contributed by atoms with Gasteiger partial charge < -0.3 is 15.3 Å². The van der Waals surface area contributed by atoms with Crippen LogP contribution in [0, 0.1) is 0 Å². The van der Waals surface area contributed by atoms with E-state index in [1.165, 1.54) is 0 Å². The molecule has 2 saturated heterocycles. The second-order valence-corrected chi connectivity index (χ2v) is 5.39. The Morgan fingerprint density at radius 1 is 1.42 bits per heavy atom. The van der Waals surface area contributed by atoms with Crippen molar-refractivity contribution in [2.24, 2.45) is 0 Å². The van der Waals surface area contributed by atoms with Crippen molar-refractivity contribution in [3.63, 3.8) is 0 Å². The maximum Gasteiger partial charge on any atom is 0.258 e. The molecule has 2 unspecified atom stereocenters. The number of piperidine rings is 1. The molecule has 2 N–H and O–H groups in total. The second-order valence-electron chi connectivity index (χ2n) is 5.39. The maximum atomic E-state index is 12.7. The number of fused-ring (bicyclic) bond motifs is 2. The monoisotopic (exact) mass is 261 g/mol. The fraction of sp³-hybridized carbons (Fsp3) is 0.571. The van der Waals surface area contributed by atoms with E-state index < -0.39 is 0 Å². The summed E-state index contributed by atoms with van der Waals surface area (Å²) in [5, 5.41) is 12.8. The molecule has 1 aromatic rings. The molecular formula is C14H19N3O2. The van der Waals surface area contributed by atoms with Gasteiger partial charge in [0.15, 0.2) is 0 Å². The lowest BCUT2D eigenvalue weighted by Gasteiger charge is -2.37. The van der Waals surface area contributed by atoms with Crippen molar-refractivity contribution in [1.29, 1.82) is 0 Å². The van der Waals surface area contributed by atoms with Crippen LogP contribution >= 0.6 is 0 Å². The molecule has 0 aromatic carbocycles. The highest BCUT2D eigenvalue weighted by Crippen LogP contribution is 2.37. The van der Waals surface area contributed by atoms with Gasteiger partial charge in [-0.05, 0) is 31.7 Å². The number of carbonyl (C=O) groups is 1. The van der Waals surface area contributed by atoms with Crippen LogP contribution in [0.1, 0.15) is 36.0 Å². The summed E-state index contributed by atoms with van der Waals surface area (Å²) in [5.41, 5.74) is 1.43. The predicted molar refractivity (Wildman–Crippen MR) is 72.0 cm³/mol. The number of aromatic nitrogens is 1. The summed E-state index contributed by atoms with van der Waals surface area (Å²) in [4.78, 5) is 18.7. The normalized spacial score (nSPS) is 29.4. The molecule has 0 radical (unpaired) electrons. The molecule has 2 bridgehead atoms. The largest absolute Gasteiger partial charge is 0.393 e. The van der Waals surface area contributed by atoms with Crippen LogP contribution < -0.4 is 5.32 Å². The summed E-state index contributed by atoms with van der Waals surface area (Å²) >= 11 is 0. The highest BCUT2D eigenvalue weighted by molar-refractivity contribution is 5.99. The first-order chi connectivity index (χ1) is 9.20. The molecular weight excluding hydrogens is 242 g/mol. The Balaban J connectivity index is 1.89. The van der Waals surface area contributed by atoms with Crippen LogP contribution in [-0.2, 0) is 0 Å². The summed E-state index contributed by atoms with van der Waals surface area (Å²) in [5.74, 6) is 0.0388. The van der Waals surface area contributed by atoms with Crippen LogP contribution in [0.3, 0.4) is 0 Å². The van der Waals surface area contributed by atoms with Gasteiger partial charge in [0.25, 0.3) is 5.91 Å². The van der Waals surface area contributed by atoms with Gasteiger partial charge in [0.05, 0.1) is 11.7 Å². The van der Waals surface area contributed by atoms with Crippen molar-refractivity contribution in [2.75, 3.05) is 12.4 Å². The number of nitrogens with zero attached hydrogens (tertiary/aromatic N) is 2. The van der Waals surface area contributed by atoms with Crippen molar-refractivity contribution in [1.82, 2.24) is 9.88 Å². The van der Waals surface area contributed by atoms with E-state index in [1.807, 2.05) is 11.0 Å². The van der Waals surface area contributed by atoms with Gasteiger partial charge in [-0.1, -0.05) is 0 Å². The standard InChI is InChI=1S/C14H19N3O2/c1-15-13-4-5-16-8-12(13)14(19)17-9-2-3-10(17)7-11(18)6-9/h4-5,8-11,18H,2-3,6-7H2,1H3,(H,15,16). The summed E-state index contributed by atoms with van der Waals surface area (Å²) in [6.45, 7) is 0. The van der Waals surface area contributed by atoms with Gasteiger partial charge in [0, 0.05) is 37.2 Å². The third kappa shape index (κ3) is 2.08. The molecule has 2 aliphatic rings. The SMILES string of the molecule is CNc1ccncc1C(=O)N1C2CCC1CC(O)C2. The smallest absolute Gasteiger partial charge is 0.258 e. The zero-order chi connectivity index (χ0) is 13.4. The zero-order valence-electron chi connectivity index (χ0n) is 11.0. The van der Waals surface area contributed by atoms with Crippen LogP contribution in [0.4, 0.5) is 5.69 Å². The molecule has 5 heteroatoms. The summed E-state index contributed by atoms with van der Waals surface area (Å²) in [6, 6.07) is 2.19. The van der Waals surface area contributed by atoms with E-state index in [1.54, 1.807) is 19.4 Å². The number of pyridine rings is 1. The summed E-state index contributed by atoms with van der Waals surface area (Å²) < 4.78 is 0. The average Bonchev–Trinajstić information content (AvgIpc) is 2.70. The van der Waals surface area contributed by atoms with Gasteiger partial charge in [-0.15, -0.1) is 0 Å². The Morgan fingerprint density at radius 2 is 2.11 bits per heavy atom. The summed E-state index contributed by atoms with van der Waals surface area (Å²) in [6.07, 6.45) is 6.47. The minimum Gasteiger partial charge on any atom is -0.393 e. The number of hydrogen-bond acceptors (Lipinski definition) is 4. The van der Waals surface area contributed by atoms with Gasteiger partial charge in [0.1, 0.15) is 0 Å². The molecule has 5 nitrogen and oxygen atoms in total. The van der Waals surface area contributed by atoms with Crippen LogP contribution in [0.25, 0.3) is 0 Å². The van der Waals surface area contributed by atoms with Crippen LogP contribution in [-0.4, -0.2) is 46.1 Å². The van der Waals surface area contributed by atoms with Gasteiger partial charge in [-0.2, -0.15) is 0 Å². The van der Waals surface area contributed by atoms with Gasteiger partial charge in [-0.3, -0.25) is 9.78 Å². The number of anilines is 1. The molecule has 2 aliphatic heterocycles. The van der Waals surface area contributed by atoms with Gasteiger partial charge in [0.2, 0.25) is 0 Å². The van der Waals surface area contributed by atoms with E-state index in [0.29, 0.717) is 18.4 Å².